The van der Waals surface area contributed by atoms with E-state index in [1.165, 1.54) is 0 Å². The highest BCUT2D eigenvalue weighted by atomic mass is 79.9. The number of nitrogens with one attached hydrogen (secondary N) is 1. The van der Waals surface area contributed by atoms with Crippen LogP contribution in [0.1, 0.15) is 5.69 Å². The molecule has 2 aromatic heterocycles. The SMILES string of the molecule is O=S(=O)(NCc1ccccn1)c1c(Cl)sc(Cl)c1Br. The minimum Gasteiger partial charge on any atom is -0.260 e. The molecule has 0 aliphatic carbocycles. The Morgan fingerprint density at radius 3 is 2.58 bits per heavy atom. The van der Waals surface area contributed by atoms with E-state index < -0.39 is 10.0 Å². The molecule has 2 rings (SSSR count). The summed E-state index contributed by atoms with van der Waals surface area (Å²) in [6.45, 7) is 0.0827. The van der Waals surface area contributed by atoms with Crippen LogP contribution in [0.5, 0.6) is 0 Å². The van der Waals surface area contributed by atoms with Crippen LogP contribution in [0.25, 0.3) is 0 Å². The largest absolute Gasteiger partial charge is 0.260 e. The standard InChI is InChI=1S/C10H7BrCl2N2O2S2/c11-7-8(10(13)18-9(7)12)19(16,17)15-5-6-3-1-2-4-14-6/h1-4,15H,5H2. The van der Waals surface area contributed by atoms with Crippen molar-refractivity contribution in [3.8, 4) is 0 Å². The van der Waals surface area contributed by atoms with Gasteiger partial charge in [-0.1, -0.05) is 29.3 Å². The van der Waals surface area contributed by atoms with Gasteiger partial charge in [-0.2, -0.15) is 0 Å². The minimum atomic E-state index is -3.74. The van der Waals surface area contributed by atoms with Crippen molar-refractivity contribution in [2.45, 2.75) is 11.4 Å². The predicted molar refractivity (Wildman–Crippen MR) is 80.3 cm³/mol. The Morgan fingerprint density at radius 2 is 2.05 bits per heavy atom. The monoisotopic (exact) mass is 400 g/mol. The lowest BCUT2D eigenvalue weighted by Gasteiger charge is -2.06. The molecular formula is C10H7BrCl2N2O2S2. The zero-order chi connectivity index (χ0) is 14.0. The molecule has 0 aliphatic rings. The first kappa shape index (κ1) is 15.2. The van der Waals surface area contributed by atoms with E-state index >= 15 is 0 Å². The summed E-state index contributed by atoms with van der Waals surface area (Å²) in [6.07, 6.45) is 1.59. The molecule has 19 heavy (non-hydrogen) atoms. The van der Waals surface area contributed by atoms with Gasteiger partial charge in [-0.3, -0.25) is 4.98 Å². The maximum atomic E-state index is 12.2. The van der Waals surface area contributed by atoms with Gasteiger partial charge < -0.3 is 0 Å². The third-order valence-corrected chi connectivity index (χ3v) is 7.03. The second-order valence-electron chi connectivity index (χ2n) is 3.44. The molecule has 4 nitrogen and oxygen atoms in total. The fraction of sp³-hybridized carbons (Fsp3) is 0.100. The van der Waals surface area contributed by atoms with E-state index in [1.54, 1.807) is 24.4 Å². The fourth-order valence-corrected chi connectivity index (χ4v) is 5.86. The Kier molecular flexibility index (Phi) is 4.86. The van der Waals surface area contributed by atoms with Crippen molar-refractivity contribution in [1.29, 1.82) is 0 Å². The highest BCUT2D eigenvalue weighted by molar-refractivity contribution is 9.10. The molecule has 0 atom stereocenters. The van der Waals surface area contributed by atoms with E-state index in [4.69, 9.17) is 23.2 Å². The summed E-state index contributed by atoms with van der Waals surface area (Å²) in [5.41, 5.74) is 0.611. The van der Waals surface area contributed by atoms with Crippen LogP contribution < -0.4 is 4.72 Å². The second-order valence-corrected chi connectivity index (χ2v) is 8.16. The van der Waals surface area contributed by atoms with Gasteiger partial charge in [-0.25, -0.2) is 13.1 Å². The molecule has 0 unspecified atom stereocenters. The van der Waals surface area contributed by atoms with Gasteiger partial charge in [0, 0.05) is 6.20 Å². The second kappa shape index (κ2) is 6.07. The first-order valence-corrected chi connectivity index (χ1v) is 8.79. The summed E-state index contributed by atoms with van der Waals surface area (Å²) in [7, 11) is -3.74. The maximum absolute atomic E-state index is 12.2. The number of hydrogen-bond donors (Lipinski definition) is 1. The number of rotatable bonds is 4. The maximum Gasteiger partial charge on any atom is 0.244 e. The minimum absolute atomic E-state index is 0.0416. The van der Waals surface area contributed by atoms with Gasteiger partial charge in [0.05, 0.1) is 16.7 Å². The quantitative estimate of drug-likeness (QED) is 0.849. The first-order valence-electron chi connectivity index (χ1n) is 4.94. The lowest BCUT2D eigenvalue weighted by molar-refractivity contribution is 0.580. The topological polar surface area (TPSA) is 59.1 Å². The Bertz CT molecular complexity index is 689. The van der Waals surface area contributed by atoms with E-state index in [2.05, 4.69) is 25.6 Å². The molecule has 2 aromatic rings. The van der Waals surface area contributed by atoms with Gasteiger partial charge in [0.25, 0.3) is 0 Å². The van der Waals surface area contributed by atoms with Crippen molar-refractivity contribution in [2.75, 3.05) is 0 Å². The normalized spacial score (nSPS) is 11.7. The molecule has 102 valence electrons. The zero-order valence-corrected chi connectivity index (χ0v) is 14.0. The number of halogens is 3. The molecular weight excluding hydrogens is 395 g/mol. The molecule has 0 bridgehead atoms. The van der Waals surface area contributed by atoms with Crippen LogP contribution in [0, 0.1) is 0 Å². The molecule has 0 amide bonds. The third-order valence-electron chi connectivity index (χ3n) is 2.17. The average Bonchev–Trinajstić information content (AvgIpc) is 2.63. The number of thiophene rings is 1. The molecule has 0 saturated heterocycles. The molecule has 0 fully saturated rings. The lowest BCUT2D eigenvalue weighted by Crippen LogP contribution is -2.23. The number of hydrogen-bond acceptors (Lipinski definition) is 4. The average molecular weight is 402 g/mol. The van der Waals surface area contributed by atoms with Crippen molar-refractivity contribution < 1.29 is 8.42 Å². The van der Waals surface area contributed by atoms with Gasteiger partial charge in [0.1, 0.15) is 13.6 Å². The van der Waals surface area contributed by atoms with E-state index in [1.807, 2.05) is 0 Å². The van der Waals surface area contributed by atoms with Crippen LogP contribution in [0.4, 0.5) is 0 Å². The van der Waals surface area contributed by atoms with Crippen LogP contribution in [0.2, 0.25) is 8.67 Å². The van der Waals surface area contributed by atoms with Crippen molar-refractivity contribution >= 4 is 60.5 Å². The molecule has 0 saturated carbocycles. The van der Waals surface area contributed by atoms with Crippen molar-refractivity contribution in [2.24, 2.45) is 0 Å². The predicted octanol–water partition coefficient (Wildman–Crippen LogP) is 3.69. The number of sulfonamides is 1. The summed E-state index contributed by atoms with van der Waals surface area (Å²) in [5, 5.41) is 0. The van der Waals surface area contributed by atoms with Gasteiger partial charge >= 0.3 is 0 Å². The highest BCUT2D eigenvalue weighted by Crippen LogP contribution is 2.42. The van der Waals surface area contributed by atoms with Crippen molar-refractivity contribution in [1.82, 2.24) is 9.71 Å². The van der Waals surface area contributed by atoms with Gasteiger partial charge in [0.2, 0.25) is 10.0 Å². The van der Waals surface area contributed by atoms with Crippen LogP contribution in [-0.4, -0.2) is 13.4 Å². The van der Waals surface area contributed by atoms with Crippen molar-refractivity contribution in [3.63, 3.8) is 0 Å². The Hall–Kier alpha value is -0.180. The third kappa shape index (κ3) is 3.48. The number of nitrogens with zero attached hydrogens (tertiary/aromatic N) is 1. The van der Waals surface area contributed by atoms with E-state index in [0.29, 0.717) is 10.0 Å². The fourth-order valence-electron chi connectivity index (χ4n) is 1.31. The Morgan fingerprint density at radius 1 is 1.32 bits per heavy atom. The molecule has 9 heteroatoms. The van der Waals surface area contributed by atoms with Crippen LogP contribution in [0.15, 0.2) is 33.8 Å². The molecule has 0 aromatic carbocycles. The lowest BCUT2D eigenvalue weighted by atomic mass is 10.4. The van der Waals surface area contributed by atoms with Crippen molar-refractivity contribution in [3.05, 3.63) is 43.2 Å². The number of aromatic nitrogens is 1. The summed E-state index contributed by atoms with van der Waals surface area (Å²) in [4.78, 5) is 3.99. The van der Waals surface area contributed by atoms with E-state index in [0.717, 1.165) is 11.3 Å². The number of pyridine rings is 1. The summed E-state index contributed by atoms with van der Waals surface area (Å²) >= 11 is 15.8. The summed E-state index contributed by atoms with van der Waals surface area (Å²) in [6, 6.07) is 5.25. The Balaban J connectivity index is 2.24. The molecule has 0 radical (unpaired) electrons. The van der Waals surface area contributed by atoms with Gasteiger partial charge in [-0.15, -0.1) is 11.3 Å². The van der Waals surface area contributed by atoms with Gasteiger partial charge in [0.15, 0.2) is 0 Å². The van der Waals surface area contributed by atoms with Gasteiger partial charge in [-0.05, 0) is 28.1 Å². The zero-order valence-electron chi connectivity index (χ0n) is 9.23. The molecule has 0 spiro atoms. The van der Waals surface area contributed by atoms with E-state index in [-0.39, 0.29) is 20.2 Å². The first-order chi connectivity index (χ1) is 8.92. The van der Waals surface area contributed by atoms with Crippen LogP contribution in [-0.2, 0) is 16.6 Å². The summed E-state index contributed by atoms with van der Waals surface area (Å²) < 4.78 is 27.4. The van der Waals surface area contributed by atoms with Crippen LogP contribution >= 0.6 is 50.5 Å². The van der Waals surface area contributed by atoms with E-state index in [9.17, 15) is 8.42 Å². The highest BCUT2D eigenvalue weighted by Gasteiger charge is 2.26. The molecule has 1 N–H and O–H groups in total. The Labute approximate surface area is 132 Å². The van der Waals surface area contributed by atoms with Crippen LogP contribution in [0.3, 0.4) is 0 Å². The summed E-state index contributed by atoms with van der Waals surface area (Å²) in [5.74, 6) is 0. The molecule has 0 aliphatic heterocycles. The molecule has 2 heterocycles. The smallest absolute Gasteiger partial charge is 0.244 e.